The molecule has 1 atom stereocenters. The molecule has 1 saturated heterocycles. The lowest BCUT2D eigenvalue weighted by atomic mass is 10.1. The fraction of sp³-hybridized carbons (Fsp3) is 0.417. The minimum atomic E-state index is 0.526. The van der Waals surface area contributed by atoms with E-state index in [1.807, 2.05) is 6.07 Å². The van der Waals surface area contributed by atoms with Crippen molar-refractivity contribution in [3.05, 3.63) is 29.7 Å². The predicted octanol–water partition coefficient (Wildman–Crippen LogP) is 1.12. The third-order valence-electron chi connectivity index (χ3n) is 3.03. The Morgan fingerprint density at radius 1 is 1.53 bits per heavy atom. The van der Waals surface area contributed by atoms with E-state index in [-0.39, 0.29) is 0 Å². The maximum Gasteiger partial charge on any atom is 0.155 e. The minimum absolute atomic E-state index is 0.526. The molecule has 0 saturated carbocycles. The highest BCUT2D eigenvalue weighted by Gasteiger charge is 2.18. The Labute approximate surface area is 98.4 Å². The van der Waals surface area contributed by atoms with Crippen LogP contribution in [-0.2, 0) is 11.2 Å². The lowest BCUT2D eigenvalue weighted by Gasteiger charge is -2.01. The molecule has 1 aliphatic heterocycles. The molecule has 0 amide bonds. The zero-order chi connectivity index (χ0) is 11.7. The standard InChI is InChI=1S/C12H13N3O2/c16-7-10-1-2-12-13-11(14-15(12)6-10)5-9-3-4-17-8-9/h1-2,6-7,9H,3-5,8H2. The van der Waals surface area contributed by atoms with Gasteiger partial charge in [0.2, 0.25) is 0 Å². The summed E-state index contributed by atoms with van der Waals surface area (Å²) < 4.78 is 6.99. The number of hydrogen-bond donors (Lipinski definition) is 0. The molecule has 0 radical (unpaired) electrons. The second-order valence-electron chi connectivity index (χ2n) is 4.34. The molecule has 0 N–H and O–H groups in total. The maximum absolute atomic E-state index is 10.7. The van der Waals surface area contributed by atoms with Crippen LogP contribution in [0.25, 0.3) is 5.65 Å². The maximum atomic E-state index is 10.7. The Kier molecular flexibility index (Phi) is 2.60. The number of ether oxygens (including phenoxy) is 1. The molecule has 1 aliphatic rings. The molecular formula is C12H13N3O2. The van der Waals surface area contributed by atoms with Crippen LogP contribution in [0.3, 0.4) is 0 Å². The summed E-state index contributed by atoms with van der Waals surface area (Å²) in [4.78, 5) is 15.1. The summed E-state index contributed by atoms with van der Waals surface area (Å²) in [6.45, 7) is 1.64. The van der Waals surface area contributed by atoms with Gasteiger partial charge in [-0.05, 0) is 24.5 Å². The number of carbonyl (C=O) groups excluding carboxylic acids is 1. The van der Waals surface area contributed by atoms with E-state index < -0.39 is 0 Å². The van der Waals surface area contributed by atoms with Crippen molar-refractivity contribution in [2.75, 3.05) is 13.2 Å². The van der Waals surface area contributed by atoms with E-state index in [4.69, 9.17) is 4.74 Å². The SMILES string of the molecule is O=Cc1ccc2nc(CC3CCOC3)nn2c1. The molecular weight excluding hydrogens is 218 g/mol. The van der Waals surface area contributed by atoms with Gasteiger partial charge in [0.05, 0.1) is 0 Å². The van der Waals surface area contributed by atoms with Gasteiger partial charge < -0.3 is 4.74 Å². The van der Waals surface area contributed by atoms with Crippen LogP contribution >= 0.6 is 0 Å². The van der Waals surface area contributed by atoms with Crippen molar-refractivity contribution < 1.29 is 9.53 Å². The van der Waals surface area contributed by atoms with Crippen LogP contribution in [0, 0.1) is 5.92 Å². The molecule has 3 heterocycles. The summed E-state index contributed by atoms with van der Waals surface area (Å²) in [5.41, 5.74) is 1.39. The first-order valence-corrected chi connectivity index (χ1v) is 5.73. The van der Waals surface area contributed by atoms with E-state index in [1.165, 1.54) is 0 Å². The van der Waals surface area contributed by atoms with Gasteiger partial charge in [0.25, 0.3) is 0 Å². The monoisotopic (exact) mass is 231 g/mol. The first kappa shape index (κ1) is 10.4. The summed E-state index contributed by atoms with van der Waals surface area (Å²) in [5, 5.41) is 4.38. The van der Waals surface area contributed by atoms with E-state index in [2.05, 4.69) is 10.1 Å². The highest BCUT2D eigenvalue weighted by atomic mass is 16.5. The Balaban J connectivity index is 1.87. The van der Waals surface area contributed by atoms with Crippen LogP contribution < -0.4 is 0 Å². The number of carbonyl (C=O) groups is 1. The largest absolute Gasteiger partial charge is 0.381 e. The molecule has 3 rings (SSSR count). The van der Waals surface area contributed by atoms with Gasteiger partial charge in [-0.15, -0.1) is 0 Å². The summed E-state index contributed by atoms with van der Waals surface area (Å²) >= 11 is 0. The van der Waals surface area contributed by atoms with Gasteiger partial charge in [-0.3, -0.25) is 4.79 Å². The molecule has 0 bridgehead atoms. The Morgan fingerprint density at radius 2 is 2.47 bits per heavy atom. The second kappa shape index (κ2) is 4.25. The van der Waals surface area contributed by atoms with Gasteiger partial charge in [-0.1, -0.05) is 0 Å². The molecule has 2 aromatic rings. The first-order valence-electron chi connectivity index (χ1n) is 5.73. The van der Waals surface area contributed by atoms with Gasteiger partial charge >= 0.3 is 0 Å². The first-order chi connectivity index (χ1) is 8.35. The zero-order valence-corrected chi connectivity index (χ0v) is 9.37. The molecule has 5 heteroatoms. The number of aromatic nitrogens is 3. The van der Waals surface area contributed by atoms with Crippen LogP contribution in [0.5, 0.6) is 0 Å². The van der Waals surface area contributed by atoms with Crippen LogP contribution in [-0.4, -0.2) is 34.1 Å². The van der Waals surface area contributed by atoms with Crippen LogP contribution in [0.15, 0.2) is 18.3 Å². The quantitative estimate of drug-likeness (QED) is 0.743. The lowest BCUT2D eigenvalue weighted by molar-refractivity contribution is 0.112. The second-order valence-corrected chi connectivity index (χ2v) is 4.34. The topological polar surface area (TPSA) is 56.5 Å². The van der Waals surface area contributed by atoms with Crippen LogP contribution in [0.4, 0.5) is 0 Å². The number of hydrogen-bond acceptors (Lipinski definition) is 4. The molecule has 1 fully saturated rings. The number of rotatable bonds is 3. The Bertz CT molecular complexity index is 544. The molecule has 0 aliphatic carbocycles. The fourth-order valence-electron chi connectivity index (χ4n) is 2.10. The Morgan fingerprint density at radius 3 is 3.24 bits per heavy atom. The van der Waals surface area contributed by atoms with Gasteiger partial charge in [0.1, 0.15) is 0 Å². The molecule has 5 nitrogen and oxygen atoms in total. The number of nitrogens with zero attached hydrogens (tertiary/aromatic N) is 3. The lowest BCUT2D eigenvalue weighted by Crippen LogP contribution is -2.05. The number of pyridine rings is 1. The average Bonchev–Trinajstić information content (AvgIpc) is 2.96. The predicted molar refractivity (Wildman–Crippen MR) is 61.0 cm³/mol. The van der Waals surface area contributed by atoms with Crippen LogP contribution in [0.2, 0.25) is 0 Å². The average molecular weight is 231 g/mol. The number of fused-ring (bicyclic) bond motifs is 1. The summed E-state index contributed by atoms with van der Waals surface area (Å²) in [6.07, 6.45) is 4.43. The van der Waals surface area contributed by atoms with Gasteiger partial charge in [0.15, 0.2) is 17.8 Å². The Hall–Kier alpha value is -1.75. The summed E-state index contributed by atoms with van der Waals surface area (Å²) in [7, 11) is 0. The van der Waals surface area contributed by atoms with E-state index in [0.29, 0.717) is 11.5 Å². The molecule has 1 unspecified atom stereocenters. The summed E-state index contributed by atoms with van der Waals surface area (Å²) in [6, 6.07) is 3.56. The van der Waals surface area contributed by atoms with E-state index in [1.54, 1.807) is 16.8 Å². The highest BCUT2D eigenvalue weighted by Crippen LogP contribution is 2.16. The van der Waals surface area contributed by atoms with Crippen molar-refractivity contribution in [1.29, 1.82) is 0 Å². The van der Waals surface area contributed by atoms with Crippen molar-refractivity contribution in [3.63, 3.8) is 0 Å². The minimum Gasteiger partial charge on any atom is -0.381 e. The highest BCUT2D eigenvalue weighted by molar-refractivity contribution is 5.74. The fourth-order valence-corrected chi connectivity index (χ4v) is 2.10. The summed E-state index contributed by atoms with van der Waals surface area (Å²) in [5.74, 6) is 1.35. The van der Waals surface area contributed by atoms with Crippen molar-refractivity contribution >= 4 is 11.9 Å². The molecule has 0 aromatic carbocycles. The van der Waals surface area contributed by atoms with Gasteiger partial charge in [0, 0.05) is 31.4 Å². The van der Waals surface area contributed by atoms with E-state index in [9.17, 15) is 4.79 Å². The van der Waals surface area contributed by atoms with E-state index >= 15 is 0 Å². The van der Waals surface area contributed by atoms with Crippen molar-refractivity contribution in [1.82, 2.24) is 14.6 Å². The third kappa shape index (κ3) is 2.06. The number of aldehydes is 1. The van der Waals surface area contributed by atoms with Crippen molar-refractivity contribution in [3.8, 4) is 0 Å². The molecule has 88 valence electrons. The van der Waals surface area contributed by atoms with Crippen molar-refractivity contribution in [2.45, 2.75) is 12.8 Å². The van der Waals surface area contributed by atoms with E-state index in [0.717, 1.165) is 43.8 Å². The van der Waals surface area contributed by atoms with Crippen LogP contribution in [0.1, 0.15) is 22.6 Å². The third-order valence-corrected chi connectivity index (χ3v) is 3.03. The molecule has 0 spiro atoms. The molecule has 17 heavy (non-hydrogen) atoms. The van der Waals surface area contributed by atoms with Crippen molar-refractivity contribution in [2.24, 2.45) is 5.92 Å². The zero-order valence-electron chi connectivity index (χ0n) is 9.37. The molecule has 2 aromatic heterocycles. The normalized spacial score (nSPS) is 19.9. The van der Waals surface area contributed by atoms with Gasteiger partial charge in [-0.25, -0.2) is 9.50 Å². The van der Waals surface area contributed by atoms with Gasteiger partial charge in [-0.2, -0.15) is 5.10 Å². The smallest absolute Gasteiger partial charge is 0.155 e.